The molecule has 32 heavy (non-hydrogen) atoms. The van der Waals surface area contributed by atoms with Crippen LogP contribution in [0, 0.1) is 6.92 Å². The van der Waals surface area contributed by atoms with Gasteiger partial charge in [-0.05, 0) is 43.2 Å². The molecule has 0 fully saturated rings. The molecule has 164 valence electrons. The summed E-state index contributed by atoms with van der Waals surface area (Å²) in [4.78, 5) is 12.5. The van der Waals surface area contributed by atoms with Gasteiger partial charge in [0, 0.05) is 22.2 Å². The van der Waals surface area contributed by atoms with Crippen LogP contribution in [0.25, 0.3) is 11.3 Å². The van der Waals surface area contributed by atoms with Crippen LogP contribution < -0.4 is 0 Å². The number of ether oxygens (including phenoxy) is 1. The van der Waals surface area contributed by atoms with Crippen molar-refractivity contribution in [3.05, 3.63) is 88.4 Å². The molecule has 0 unspecified atom stereocenters. The Morgan fingerprint density at radius 3 is 2.59 bits per heavy atom. The Bertz CT molecular complexity index is 1200. The topological polar surface area (TPSA) is 70.2 Å². The van der Waals surface area contributed by atoms with E-state index < -0.39 is 0 Å². The summed E-state index contributed by atoms with van der Waals surface area (Å²) >= 11 is 7.55. The predicted molar refractivity (Wildman–Crippen MR) is 125 cm³/mol. The van der Waals surface area contributed by atoms with Crippen LogP contribution in [0.1, 0.15) is 34.4 Å². The average Bonchev–Trinajstić information content (AvgIpc) is 3.39. The molecular weight excluding hydrogens is 446 g/mol. The van der Waals surface area contributed by atoms with E-state index in [0.717, 1.165) is 22.7 Å². The summed E-state index contributed by atoms with van der Waals surface area (Å²) in [6.07, 6.45) is 0. The number of carbonyl (C=O) groups is 1. The molecule has 0 spiro atoms. The van der Waals surface area contributed by atoms with E-state index in [2.05, 4.69) is 22.3 Å². The highest BCUT2D eigenvalue weighted by Crippen LogP contribution is 2.29. The quantitative estimate of drug-likeness (QED) is 0.233. The number of carbonyl (C=O) groups excluding carboxylic acids is 1. The van der Waals surface area contributed by atoms with Gasteiger partial charge in [-0.1, -0.05) is 65.8 Å². The molecule has 0 aliphatic carbocycles. The number of rotatable bonds is 8. The largest absolute Gasteiger partial charge is 0.462 e. The van der Waals surface area contributed by atoms with Gasteiger partial charge in [-0.25, -0.2) is 4.79 Å². The van der Waals surface area contributed by atoms with Crippen molar-refractivity contribution < 1.29 is 13.9 Å². The summed E-state index contributed by atoms with van der Waals surface area (Å²) in [6.45, 7) is 4.32. The fraction of sp³-hybridized carbons (Fsp3) is 0.208. The number of halogens is 1. The van der Waals surface area contributed by atoms with E-state index in [4.69, 9.17) is 20.8 Å². The van der Waals surface area contributed by atoms with Crippen LogP contribution in [0.3, 0.4) is 0 Å². The molecule has 0 saturated heterocycles. The first kappa shape index (κ1) is 22.2. The highest BCUT2D eigenvalue weighted by molar-refractivity contribution is 7.98. The maximum absolute atomic E-state index is 12.5. The minimum Gasteiger partial charge on any atom is -0.462 e. The number of hydrogen-bond donors (Lipinski definition) is 0. The van der Waals surface area contributed by atoms with E-state index >= 15 is 0 Å². The van der Waals surface area contributed by atoms with E-state index in [1.54, 1.807) is 6.92 Å². The normalized spacial score (nSPS) is 11.0. The maximum atomic E-state index is 12.5. The smallest absolute Gasteiger partial charge is 0.339 e. The van der Waals surface area contributed by atoms with Crippen molar-refractivity contribution in [2.24, 2.45) is 0 Å². The first-order valence-corrected chi connectivity index (χ1v) is 11.5. The number of benzene rings is 2. The number of aromatic nitrogens is 3. The van der Waals surface area contributed by atoms with Gasteiger partial charge in [-0.2, -0.15) is 0 Å². The van der Waals surface area contributed by atoms with E-state index in [-0.39, 0.29) is 5.97 Å². The molecule has 4 rings (SSSR count). The summed E-state index contributed by atoms with van der Waals surface area (Å²) < 4.78 is 13.1. The first-order chi connectivity index (χ1) is 15.5. The van der Waals surface area contributed by atoms with Crippen LogP contribution in [0.15, 0.2) is 70.3 Å². The third-order valence-corrected chi connectivity index (χ3v) is 6.09. The molecule has 0 amide bonds. The van der Waals surface area contributed by atoms with Crippen molar-refractivity contribution in [1.29, 1.82) is 0 Å². The molecule has 2 heterocycles. The summed E-state index contributed by atoms with van der Waals surface area (Å²) in [7, 11) is 0. The first-order valence-electron chi connectivity index (χ1n) is 10.2. The number of thioether (sulfide) groups is 1. The summed E-state index contributed by atoms with van der Waals surface area (Å²) in [6, 6.07) is 19.4. The minimum atomic E-state index is -0.358. The number of esters is 1. The minimum absolute atomic E-state index is 0.311. The van der Waals surface area contributed by atoms with Gasteiger partial charge in [0.15, 0.2) is 0 Å². The zero-order valence-electron chi connectivity index (χ0n) is 17.7. The van der Waals surface area contributed by atoms with Crippen LogP contribution >= 0.6 is 23.4 Å². The van der Waals surface area contributed by atoms with Gasteiger partial charge in [0.25, 0.3) is 5.22 Å². The van der Waals surface area contributed by atoms with Gasteiger partial charge in [0.2, 0.25) is 5.89 Å². The van der Waals surface area contributed by atoms with Gasteiger partial charge in [-0.15, -0.1) is 10.2 Å². The van der Waals surface area contributed by atoms with Crippen LogP contribution in [0.5, 0.6) is 0 Å². The molecule has 8 heteroatoms. The standard InChI is InChI=1S/C24H22ClN3O3S/c1-3-30-23(29)20-13-21(18-9-11-19(25)12-10-18)28(16(20)2)14-22-26-27-24(31-22)32-15-17-7-5-4-6-8-17/h4-13H,3,14-15H2,1-2H3. The Kier molecular flexibility index (Phi) is 6.97. The van der Waals surface area contributed by atoms with Gasteiger partial charge in [-0.3, -0.25) is 0 Å². The molecule has 6 nitrogen and oxygen atoms in total. The van der Waals surface area contributed by atoms with Crippen molar-refractivity contribution >= 4 is 29.3 Å². The second-order valence-corrected chi connectivity index (χ2v) is 8.44. The Balaban J connectivity index is 1.60. The van der Waals surface area contributed by atoms with Crippen LogP contribution in [-0.4, -0.2) is 27.3 Å². The van der Waals surface area contributed by atoms with Crippen molar-refractivity contribution in [3.8, 4) is 11.3 Å². The Morgan fingerprint density at radius 2 is 1.88 bits per heavy atom. The summed E-state index contributed by atoms with van der Waals surface area (Å²) in [5.74, 6) is 0.849. The molecule has 0 aliphatic heterocycles. The Hall–Kier alpha value is -3.03. The molecule has 2 aromatic heterocycles. The van der Waals surface area contributed by atoms with Crippen molar-refractivity contribution in [1.82, 2.24) is 14.8 Å². The molecule has 0 bridgehead atoms. The Labute approximate surface area is 195 Å². The molecule has 0 aliphatic rings. The molecule has 4 aromatic rings. The van der Waals surface area contributed by atoms with E-state index in [1.807, 2.05) is 60.0 Å². The van der Waals surface area contributed by atoms with Gasteiger partial charge in [0.05, 0.1) is 12.2 Å². The maximum Gasteiger partial charge on any atom is 0.339 e. The molecule has 2 aromatic carbocycles. The average molecular weight is 468 g/mol. The van der Waals surface area contributed by atoms with Crippen molar-refractivity contribution in [2.45, 2.75) is 31.4 Å². The number of nitrogens with zero attached hydrogens (tertiary/aromatic N) is 3. The molecular formula is C24H22ClN3O3S. The SMILES string of the molecule is CCOC(=O)c1cc(-c2ccc(Cl)cc2)n(Cc2nnc(SCc3ccccc3)o2)c1C. The summed E-state index contributed by atoms with van der Waals surface area (Å²) in [5, 5.41) is 9.53. The van der Waals surface area contributed by atoms with Gasteiger partial charge in [0.1, 0.15) is 6.54 Å². The van der Waals surface area contributed by atoms with Crippen molar-refractivity contribution in [2.75, 3.05) is 6.61 Å². The molecule has 0 radical (unpaired) electrons. The lowest BCUT2D eigenvalue weighted by molar-refractivity contribution is 0.0525. The zero-order chi connectivity index (χ0) is 22.5. The lowest BCUT2D eigenvalue weighted by Gasteiger charge is -2.10. The Morgan fingerprint density at radius 1 is 1.12 bits per heavy atom. The van der Waals surface area contributed by atoms with Crippen LogP contribution in [-0.2, 0) is 17.0 Å². The van der Waals surface area contributed by atoms with E-state index in [0.29, 0.717) is 34.9 Å². The third kappa shape index (κ3) is 5.06. The third-order valence-electron chi connectivity index (χ3n) is 4.95. The van der Waals surface area contributed by atoms with E-state index in [1.165, 1.54) is 17.3 Å². The molecule has 0 N–H and O–H groups in total. The lowest BCUT2D eigenvalue weighted by atomic mass is 10.1. The van der Waals surface area contributed by atoms with Crippen LogP contribution in [0.4, 0.5) is 0 Å². The fourth-order valence-corrected chi connectivity index (χ4v) is 4.20. The fourth-order valence-electron chi connectivity index (χ4n) is 3.34. The molecule has 0 saturated carbocycles. The highest BCUT2D eigenvalue weighted by Gasteiger charge is 2.21. The van der Waals surface area contributed by atoms with Crippen LogP contribution in [0.2, 0.25) is 5.02 Å². The monoisotopic (exact) mass is 467 g/mol. The zero-order valence-corrected chi connectivity index (χ0v) is 19.3. The number of hydrogen-bond acceptors (Lipinski definition) is 6. The second kappa shape index (κ2) is 10.1. The van der Waals surface area contributed by atoms with Gasteiger partial charge < -0.3 is 13.7 Å². The van der Waals surface area contributed by atoms with E-state index in [9.17, 15) is 4.79 Å². The second-order valence-electron chi connectivity index (χ2n) is 7.08. The predicted octanol–water partition coefficient (Wildman–Crippen LogP) is 6.02. The highest BCUT2D eigenvalue weighted by atomic mass is 35.5. The van der Waals surface area contributed by atoms with Crippen molar-refractivity contribution in [3.63, 3.8) is 0 Å². The van der Waals surface area contributed by atoms with Gasteiger partial charge >= 0.3 is 5.97 Å². The molecule has 0 atom stereocenters. The summed E-state index contributed by atoms with van der Waals surface area (Å²) in [5.41, 5.74) is 4.23. The lowest BCUT2D eigenvalue weighted by Crippen LogP contribution is -2.08.